The van der Waals surface area contributed by atoms with Crippen molar-refractivity contribution in [1.29, 1.82) is 0 Å². The molecule has 3 heterocycles. The third-order valence-corrected chi connectivity index (χ3v) is 3.22. The van der Waals surface area contributed by atoms with E-state index < -0.39 is 0 Å². The van der Waals surface area contributed by atoms with E-state index in [9.17, 15) is 4.79 Å². The largest absolute Gasteiger partial charge is 0.333 e. The van der Waals surface area contributed by atoms with E-state index in [2.05, 4.69) is 25.1 Å². The van der Waals surface area contributed by atoms with Crippen molar-refractivity contribution < 1.29 is 4.79 Å². The number of carbonyl (C=O) groups is 1. The van der Waals surface area contributed by atoms with Gasteiger partial charge in [0.05, 0.1) is 0 Å². The summed E-state index contributed by atoms with van der Waals surface area (Å²) in [6.45, 7) is 5.59. The summed E-state index contributed by atoms with van der Waals surface area (Å²) in [6.07, 6.45) is 2.03. The molecule has 0 N–H and O–H groups in total. The molecule has 2 aromatic heterocycles. The van der Waals surface area contributed by atoms with Crippen molar-refractivity contribution in [2.24, 2.45) is 0 Å². The molecule has 3 heteroatoms. The van der Waals surface area contributed by atoms with Gasteiger partial charge in [-0.1, -0.05) is 6.07 Å². The summed E-state index contributed by atoms with van der Waals surface area (Å²) in [5.74, 6) is 0.152. The Kier molecular flexibility index (Phi) is 1.84. The van der Waals surface area contributed by atoms with Crippen molar-refractivity contribution in [1.82, 2.24) is 9.30 Å². The van der Waals surface area contributed by atoms with Crippen LogP contribution >= 0.6 is 0 Å². The zero-order chi connectivity index (χ0) is 11.3. The summed E-state index contributed by atoms with van der Waals surface area (Å²) in [5.41, 5.74) is 4.26. The van der Waals surface area contributed by atoms with Crippen LogP contribution in [0.15, 0.2) is 24.4 Å². The minimum Gasteiger partial charge on any atom is -0.333 e. The number of pyridine rings is 1. The van der Waals surface area contributed by atoms with Crippen LogP contribution < -0.4 is 0 Å². The van der Waals surface area contributed by atoms with Crippen molar-refractivity contribution >= 4 is 11.4 Å². The molecule has 1 amide bonds. The number of carbonyl (C=O) groups excluding carboxylic acids is 1. The smallest absolute Gasteiger partial charge is 0.271 e. The Morgan fingerprint density at radius 1 is 1.38 bits per heavy atom. The highest BCUT2D eigenvalue weighted by atomic mass is 16.2. The van der Waals surface area contributed by atoms with Gasteiger partial charge in [0.1, 0.15) is 5.69 Å². The molecule has 3 rings (SSSR count). The first-order chi connectivity index (χ1) is 7.70. The lowest BCUT2D eigenvalue weighted by Crippen LogP contribution is -2.23. The van der Waals surface area contributed by atoms with E-state index in [0.717, 1.165) is 29.9 Å². The van der Waals surface area contributed by atoms with Crippen LogP contribution in [-0.4, -0.2) is 21.8 Å². The Morgan fingerprint density at radius 3 is 2.94 bits per heavy atom. The number of hydrogen-bond donors (Lipinski definition) is 0. The molecule has 1 aliphatic rings. The van der Waals surface area contributed by atoms with Gasteiger partial charge in [-0.15, -0.1) is 0 Å². The Hall–Kier alpha value is -1.77. The Balaban J connectivity index is 2.29. The second-order valence-electron chi connectivity index (χ2n) is 4.34. The predicted molar refractivity (Wildman–Crippen MR) is 62.5 cm³/mol. The molecule has 16 heavy (non-hydrogen) atoms. The quantitative estimate of drug-likeness (QED) is 0.714. The topological polar surface area (TPSA) is 24.7 Å². The molecule has 0 atom stereocenters. The summed E-state index contributed by atoms with van der Waals surface area (Å²) in [5, 5.41) is 0. The van der Waals surface area contributed by atoms with E-state index in [1.165, 1.54) is 5.56 Å². The average molecular weight is 214 g/mol. The first kappa shape index (κ1) is 9.46. The van der Waals surface area contributed by atoms with Crippen molar-refractivity contribution in [3.63, 3.8) is 0 Å². The van der Waals surface area contributed by atoms with Crippen molar-refractivity contribution in [2.75, 3.05) is 6.54 Å². The van der Waals surface area contributed by atoms with Gasteiger partial charge in [-0.3, -0.25) is 4.79 Å². The summed E-state index contributed by atoms with van der Waals surface area (Å²) in [6, 6.07) is 6.25. The van der Waals surface area contributed by atoms with Gasteiger partial charge in [0.15, 0.2) is 0 Å². The lowest BCUT2D eigenvalue weighted by Gasteiger charge is -2.10. The van der Waals surface area contributed by atoms with E-state index in [0.29, 0.717) is 0 Å². The first-order valence-corrected chi connectivity index (χ1v) is 5.60. The number of aryl methyl sites for hydroxylation is 1. The van der Waals surface area contributed by atoms with Gasteiger partial charge in [0.2, 0.25) is 0 Å². The van der Waals surface area contributed by atoms with E-state index in [1.54, 1.807) is 0 Å². The number of fused-ring (bicyclic) bond motifs is 3. The average Bonchev–Trinajstić information content (AvgIpc) is 2.78. The normalized spacial score (nSPS) is 14.9. The van der Waals surface area contributed by atoms with Gasteiger partial charge >= 0.3 is 0 Å². The second kappa shape index (κ2) is 3.11. The van der Waals surface area contributed by atoms with E-state index in [1.807, 2.05) is 22.4 Å². The van der Waals surface area contributed by atoms with Gasteiger partial charge in [-0.05, 0) is 31.5 Å². The Morgan fingerprint density at radius 2 is 2.19 bits per heavy atom. The van der Waals surface area contributed by atoms with Crippen molar-refractivity contribution in [2.45, 2.75) is 20.4 Å². The second-order valence-corrected chi connectivity index (χ2v) is 4.34. The number of nitrogens with zero attached hydrogens (tertiary/aromatic N) is 2. The SMILES string of the molecule is CCN1Cc2ccc3cc(C)cn3c2C1=O. The Bertz CT molecular complexity index is 583. The van der Waals surface area contributed by atoms with E-state index in [4.69, 9.17) is 0 Å². The Labute approximate surface area is 94.3 Å². The van der Waals surface area contributed by atoms with Crippen LogP contribution in [0.25, 0.3) is 5.52 Å². The van der Waals surface area contributed by atoms with Crippen LogP contribution in [-0.2, 0) is 6.54 Å². The monoisotopic (exact) mass is 214 g/mol. The highest BCUT2D eigenvalue weighted by Gasteiger charge is 2.28. The molecule has 0 bridgehead atoms. The molecule has 0 spiro atoms. The molecular weight excluding hydrogens is 200 g/mol. The highest BCUT2D eigenvalue weighted by Crippen LogP contribution is 2.25. The molecule has 0 fully saturated rings. The fourth-order valence-electron chi connectivity index (χ4n) is 2.41. The van der Waals surface area contributed by atoms with Gasteiger partial charge < -0.3 is 9.30 Å². The summed E-state index contributed by atoms with van der Waals surface area (Å²) < 4.78 is 2.02. The van der Waals surface area contributed by atoms with Gasteiger partial charge in [-0.2, -0.15) is 0 Å². The lowest BCUT2D eigenvalue weighted by molar-refractivity contribution is 0.0782. The first-order valence-electron chi connectivity index (χ1n) is 5.60. The molecule has 0 aromatic carbocycles. The van der Waals surface area contributed by atoms with Crippen LogP contribution in [0, 0.1) is 6.92 Å². The third-order valence-electron chi connectivity index (χ3n) is 3.22. The third kappa shape index (κ3) is 1.11. The lowest BCUT2D eigenvalue weighted by atomic mass is 10.2. The summed E-state index contributed by atoms with van der Waals surface area (Å²) >= 11 is 0. The standard InChI is InChI=1S/C13H14N2O/c1-3-14-8-10-4-5-11-6-9(2)7-15(11)12(10)13(14)16/h4-7H,3,8H2,1-2H3. The molecule has 0 saturated heterocycles. The van der Waals surface area contributed by atoms with E-state index >= 15 is 0 Å². The summed E-state index contributed by atoms with van der Waals surface area (Å²) in [4.78, 5) is 14.0. The maximum Gasteiger partial charge on any atom is 0.271 e. The summed E-state index contributed by atoms with van der Waals surface area (Å²) in [7, 11) is 0. The van der Waals surface area contributed by atoms with Gasteiger partial charge in [0, 0.05) is 30.4 Å². The van der Waals surface area contributed by atoms with Crippen molar-refractivity contribution in [3.8, 4) is 0 Å². The molecule has 0 aliphatic carbocycles. The molecular formula is C13H14N2O. The number of amides is 1. The van der Waals surface area contributed by atoms with Gasteiger partial charge in [0.25, 0.3) is 5.91 Å². The van der Waals surface area contributed by atoms with Crippen LogP contribution in [0.4, 0.5) is 0 Å². The van der Waals surface area contributed by atoms with Crippen LogP contribution in [0.5, 0.6) is 0 Å². The highest BCUT2D eigenvalue weighted by molar-refractivity contribution is 5.97. The predicted octanol–water partition coefficient (Wildman–Crippen LogP) is 2.22. The van der Waals surface area contributed by atoms with Crippen LogP contribution in [0.3, 0.4) is 0 Å². The maximum absolute atomic E-state index is 12.2. The molecule has 2 aromatic rings. The maximum atomic E-state index is 12.2. The van der Waals surface area contributed by atoms with Crippen molar-refractivity contribution in [3.05, 3.63) is 41.2 Å². The zero-order valence-corrected chi connectivity index (χ0v) is 9.53. The van der Waals surface area contributed by atoms with E-state index in [-0.39, 0.29) is 5.91 Å². The molecule has 1 aliphatic heterocycles. The molecule has 0 radical (unpaired) electrons. The minimum absolute atomic E-state index is 0.152. The number of rotatable bonds is 1. The molecule has 82 valence electrons. The zero-order valence-electron chi connectivity index (χ0n) is 9.53. The number of aromatic nitrogens is 1. The fraction of sp³-hybridized carbons (Fsp3) is 0.308. The van der Waals surface area contributed by atoms with Gasteiger partial charge in [-0.25, -0.2) is 0 Å². The van der Waals surface area contributed by atoms with Crippen LogP contribution in [0.2, 0.25) is 0 Å². The molecule has 0 unspecified atom stereocenters. The molecule has 3 nitrogen and oxygen atoms in total. The fourth-order valence-corrected chi connectivity index (χ4v) is 2.41. The molecule has 0 saturated carbocycles. The minimum atomic E-state index is 0.152. The number of hydrogen-bond acceptors (Lipinski definition) is 1. The van der Waals surface area contributed by atoms with Crippen LogP contribution in [0.1, 0.15) is 28.5 Å².